The zero-order chi connectivity index (χ0) is 17.2. The van der Waals surface area contributed by atoms with Crippen molar-refractivity contribution in [2.75, 3.05) is 0 Å². The van der Waals surface area contributed by atoms with Crippen LogP contribution in [-0.2, 0) is 6.18 Å². The first kappa shape index (κ1) is 16.5. The molecule has 0 aliphatic rings. The molecule has 0 radical (unpaired) electrons. The Morgan fingerprint density at radius 2 is 1.21 bits per heavy atom. The lowest BCUT2D eigenvalue weighted by molar-refractivity contribution is -0.137. The molecule has 24 heavy (non-hydrogen) atoms. The highest BCUT2D eigenvalue weighted by Crippen LogP contribution is 2.38. The van der Waals surface area contributed by atoms with Crippen LogP contribution in [0.2, 0.25) is 0 Å². The molecule has 3 aromatic carbocycles. The Balaban J connectivity index is 2.20. The minimum Gasteiger partial charge on any atom is -0.507 e. The van der Waals surface area contributed by atoms with E-state index in [9.17, 15) is 18.3 Å². The van der Waals surface area contributed by atoms with Crippen LogP contribution in [0.3, 0.4) is 0 Å². The third kappa shape index (κ3) is 3.44. The van der Waals surface area contributed by atoms with Gasteiger partial charge in [0.2, 0.25) is 0 Å². The van der Waals surface area contributed by atoms with Crippen molar-refractivity contribution in [3.63, 3.8) is 0 Å². The van der Waals surface area contributed by atoms with Crippen molar-refractivity contribution in [1.29, 1.82) is 0 Å². The average Bonchev–Trinajstić information content (AvgIpc) is 2.58. The van der Waals surface area contributed by atoms with E-state index >= 15 is 0 Å². The number of hydrogen-bond donors (Lipinski definition) is 1. The summed E-state index contributed by atoms with van der Waals surface area (Å²) in [5, 5.41) is 12.3. The van der Waals surface area contributed by atoms with Crippen molar-refractivity contribution in [2.24, 2.45) is 0 Å². The van der Waals surface area contributed by atoms with E-state index in [1.807, 2.05) is 60.7 Å². The highest BCUT2D eigenvalue weighted by Gasteiger charge is 2.32. The second-order valence-electron chi connectivity index (χ2n) is 5.21. The normalized spacial score (nSPS) is 11.7. The Hall–Kier alpha value is -2.32. The SMILES string of the molecule is Oc1ccc(C(F)(F)F)cc1P(c1ccccc1)c1ccccc1. The van der Waals surface area contributed by atoms with E-state index < -0.39 is 19.7 Å². The van der Waals surface area contributed by atoms with E-state index in [0.29, 0.717) is 5.30 Å². The lowest BCUT2D eigenvalue weighted by atomic mass is 10.2. The van der Waals surface area contributed by atoms with Crippen LogP contribution in [0.4, 0.5) is 13.2 Å². The minimum absolute atomic E-state index is 0.123. The molecule has 0 fully saturated rings. The molecule has 3 aromatic rings. The summed E-state index contributed by atoms with van der Waals surface area (Å²) < 4.78 is 39.3. The van der Waals surface area contributed by atoms with Gasteiger partial charge in [-0.2, -0.15) is 13.2 Å². The number of halogens is 3. The van der Waals surface area contributed by atoms with Crippen molar-refractivity contribution < 1.29 is 18.3 Å². The number of hydrogen-bond acceptors (Lipinski definition) is 1. The molecule has 1 nitrogen and oxygen atoms in total. The van der Waals surface area contributed by atoms with Crippen molar-refractivity contribution in [2.45, 2.75) is 6.18 Å². The maximum atomic E-state index is 13.1. The quantitative estimate of drug-likeness (QED) is 0.706. The van der Waals surface area contributed by atoms with Crippen molar-refractivity contribution in [3.05, 3.63) is 84.4 Å². The number of alkyl halides is 3. The molecule has 0 aromatic heterocycles. The fraction of sp³-hybridized carbons (Fsp3) is 0.0526. The highest BCUT2D eigenvalue weighted by atomic mass is 31.1. The first-order valence-corrected chi connectivity index (χ1v) is 8.61. The van der Waals surface area contributed by atoms with E-state index in [-0.39, 0.29) is 5.75 Å². The number of benzene rings is 3. The summed E-state index contributed by atoms with van der Waals surface area (Å²) >= 11 is 0. The van der Waals surface area contributed by atoms with E-state index in [1.165, 1.54) is 0 Å². The molecule has 5 heteroatoms. The molecule has 3 rings (SSSR count). The zero-order valence-electron chi connectivity index (χ0n) is 12.5. The molecule has 0 atom stereocenters. The Labute approximate surface area is 139 Å². The summed E-state index contributed by atoms with van der Waals surface area (Å²) in [7, 11) is -1.28. The van der Waals surface area contributed by atoms with Gasteiger partial charge in [-0.3, -0.25) is 0 Å². The minimum atomic E-state index is -4.45. The van der Waals surface area contributed by atoms with Crippen LogP contribution in [-0.4, -0.2) is 5.11 Å². The first-order chi connectivity index (χ1) is 11.5. The van der Waals surface area contributed by atoms with Crippen LogP contribution in [0, 0.1) is 0 Å². The molecule has 0 unspecified atom stereocenters. The lowest BCUT2D eigenvalue weighted by Crippen LogP contribution is -2.22. The van der Waals surface area contributed by atoms with Crippen LogP contribution < -0.4 is 15.9 Å². The second-order valence-corrected chi connectivity index (χ2v) is 7.39. The number of phenolic OH excluding ortho intramolecular Hbond substituents is 1. The molecular formula is C19H14F3OP. The van der Waals surface area contributed by atoms with Gasteiger partial charge in [0.15, 0.2) is 0 Å². The van der Waals surface area contributed by atoms with Gasteiger partial charge >= 0.3 is 6.18 Å². The van der Waals surface area contributed by atoms with Gasteiger partial charge in [0.1, 0.15) is 5.75 Å². The highest BCUT2D eigenvalue weighted by molar-refractivity contribution is 7.80. The Morgan fingerprint density at radius 1 is 0.708 bits per heavy atom. The van der Waals surface area contributed by atoms with Crippen molar-refractivity contribution >= 4 is 23.8 Å². The van der Waals surface area contributed by atoms with Gasteiger partial charge in [-0.15, -0.1) is 0 Å². The molecule has 0 aliphatic carbocycles. The Morgan fingerprint density at radius 3 is 1.67 bits per heavy atom. The summed E-state index contributed by atoms with van der Waals surface area (Å²) in [6.45, 7) is 0. The first-order valence-electron chi connectivity index (χ1n) is 7.27. The van der Waals surface area contributed by atoms with E-state index in [0.717, 1.165) is 28.8 Å². The Bertz CT molecular complexity index is 778. The number of aromatic hydroxyl groups is 1. The Kier molecular flexibility index (Phi) is 4.59. The average molecular weight is 346 g/mol. The topological polar surface area (TPSA) is 20.2 Å². The maximum Gasteiger partial charge on any atom is 0.416 e. The van der Waals surface area contributed by atoms with E-state index in [4.69, 9.17) is 0 Å². The fourth-order valence-electron chi connectivity index (χ4n) is 2.46. The molecule has 0 spiro atoms. The fourth-order valence-corrected chi connectivity index (χ4v) is 4.83. The van der Waals surface area contributed by atoms with Crippen LogP contribution in [0.1, 0.15) is 5.56 Å². The molecule has 0 saturated carbocycles. The van der Waals surface area contributed by atoms with Crippen LogP contribution >= 0.6 is 7.92 Å². The molecular weight excluding hydrogens is 332 g/mol. The molecule has 122 valence electrons. The predicted octanol–water partition coefficient (Wildman–Crippen LogP) is 4.17. The number of rotatable bonds is 3. The van der Waals surface area contributed by atoms with Crippen LogP contribution in [0.15, 0.2) is 78.9 Å². The molecule has 0 amide bonds. The van der Waals surface area contributed by atoms with Crippen LogP contribution in [0.5, 0.6) is 5.75 Å². The van der Waals surface area contributed by atoms with Gasteiger partial charge in [-0.25, -0.2) is 0 Å². The van der Waals surface area contributed by atoms with Crippen molar-refractivity contribution in [3.8, 4) is 5.75 Å². The molecule has 1 N–H and O–H groups in total. The van der Waals surface area contributed by atoms with Gasteiger partial charge in [-0.05, 0) is 36.7 Å². The van der Waals surface area contributed by atoms with E-state index in [2.05, 4.69) is 0 Å². The molecule has 0 saturated heterocycles. The van der Waals surface area contributed by atoms with E-state index in [1.54, 1.807) is 0 Å². The van der Waals surface area contributed by atoms with Crippen LogP contribution in [0.25, 0.3) is 0 Å². The van der Waals surface area contributed by atoms with Crippen molar-refractivity contribution in [1.82, 2.24) is 0 Å². The zero-order valence-corrected chi connectivity index (χ0v) is 13.4. The lowest BCUT2D eigenvalue weighted by Gasteiger charge is -2.21. The van der Waals surface area contributed by atoms with Gasteiger partial charge in [0.05, 0.1) is 5.56 Å². The van der Waals surface area contributed by atoms with Gasteiger partial charge in [-0.1, -0.05) is 60.7 Å². The standard InChI is InChI=1S/C19H14F3OP/c20-19(21,22)14-11-12-17(23)18(13-14)24(15-7-3-1-4-8-15)16-9-5-2-6-10-16/h1-13,23H. The second kappa shape index (κ2) is 6.66. The van der Waals surface area contributed by atoms with Gasteiger partial charge in [0, 0.05) is 5.30 Å². The third-order valence-corrected chi connectivity index (χ3v) is 6.04. The molecule has 0 heterocycles. The smallest absolute Gasteiger partial charge is 0.416 e. The maximum absolute atomic E-state index is 13.1. The summed E-state index contributed by atoms with van der Waals surface area (Å²) in [4.78, 5) is 0. The molecule has 0 aliphatic heterocycles. The molecule has 0 bridgehead atoms. The summed E-state index contributed by atoms with van der Waals surface area (Å²) in [6.07, 6.45) is -4.45. The predicted molar refractivity (Wildman–Crippen MR) is 91.8 cm³/mol. The van der Waals surface area contributed by atoms with Gasteiger partial charge < -0.3 is 5.11 Å². The summed E-state index contributed by atoms with van der Waals surface area (Å²) in [5.41, 5.74) is -0.755. The third-order valence-electron chi connectivity index (χ3n) is 3.57. The summed E-state index contributed by atoms with van der Waals surface area (Å²) in [5.74, 6) is -0.123. The summed E-state index contributed by atoms with van der Waals surface area (Å²) in [6, 6.07) is 21.7. The number of phenols is 1. The van der Waals surface area contributed by atoms with Gasteiger partial charge in [0.25, 0.3) is 0 Å². The monoisotopic (exact) mass is 346 g/mol. The largest absolute Gasteiger partial charge is 0.507 e.